The van der Waals surface area contributed by atoms with Gasteiger partial charge < -0.3 is 10.1 Å². The predicted molar refractivity (Wildman–Crippen MR) is 103 cm³/mol. The van der Waals surface area contributed by atoms with Crippen LogP contribution < -0.4 is 14.8 Å². The highest BCUT2D eigenvalue weighted by molar-refractivity contribution is 7.89. The van der Waals surface area contributed by atoms with Crippen LogP contribution in [0.15, 0.2) is 53.4 Å². The topological polar surface area (TPSA) is 84.5 Å². The number of nitrogens with one attached hydrogen (secondary N) is 2. The van der Waals surface area contributed by atoms with E-state index in [9.17, 15) is 13.2 Å². The van der Waals surface area contributed by atoms with Crippen molar-refractivity contribution in [1.29, 1.82) is 0 Å². The van der Waals surface area contributed by atoms with Gasteiger partial charge in [0.2, 0.25) is 10.0 Å². The molecule has 0 aromatic heterocycles. The van der Waals surface area contributed by atoms with Crippen LogP contribution in [0, 0.1) is 0 Å². The van der Waals surface area contributed by atoms with E-state index in [1.54, 1.807) is 24.3 Å². The van der Waals surface area contributed by atoms with Gasteiger partial charge in [0, 0.05) is 12.6 Å². The molecule has 3 rings (SSSR count). The van der Waals surface area contributed by atoms with Gasteiger partial charge in [-0.1, -0.05) is 31.2 Å². The van der Waals surface area contributed by atoms with E-state index in [-0.39, 0.29) is 23.5 Å². The average molecular weight is 388 g/mol. The minimum absolute atomic E-state index is 0.0662. The standard InChI is InChI=1S/C20H24N2O4S/c1-2-15-3-9-18(10-4-15)26-14-20(23)21-13-16-5-11-19(12-6-16)27(24,25)22-17-7-8-17/h3-6,9-12,17,22H,2,7-8,13-14H2,1H3,(H,21,23). The maximum atomic E-state index is 12.1. The minimum Gasteiger partial charge on any atom is -0.484 e. The monoisotopic (exact) mass is 388 g/mol. The lowest BCUT2D eigenvalue weighted by Gasteiger charge is -2.09. The summed E-state index contributed by atoms with van der Waals surface area (Å²) < 4.78 is 32.3. The molecule has 0 spiro atoms. The number of rotatable bonds is 9. The Balaban J connectivity index is 1.45. The van der Waals surface area contributed by atoms with E-state index in [1.165, 1.54) is 5.56 Å². The summed E-state index contributed by atoms with van der Waals surface area (Å²) in [5, 5.41) is 2.76. The highest BCUT2D eigenvalue weighted by Gasteiger charge is 2.27. The zero-order valence-electron chi connectivity index (χ0n) is 15.3. The second kappa shape index (κ2) is 8.54. The first-order valence-corrected chi connectivity index (χ1v) is 10.5. The summed E-state index contributed by atoms with van der Waals surface area (Å²) in [4.78, 5) is 12.2. The number of hydrogen-bond acceptors (Lipinski definition) is 4. The molecule has 0 unspecified atom stereocenters. The third kappa shape index (κ3) is 5.80. The van der Waals surface area contributed by atoms with Crippen molar-refractivity contribution >= 4 is 15.9 Å². The van der Waals surface area contributed by atoms with Crippen molar-refractivity contribution in [3.05, 3.63) is 59.7 Å². The molecule has 1 aliphatic carbocycles. The van der Waals surface area contributed by atoms with Gasteiger partial charge in [0.05, 0.1) is 4.90 Å². The Morgan fingerprint density at radius 3 is 2.26 bits per heavy atom. The second-order valence-electron chi connectivity index (χ2n) is 6.60. The van der Waals surface area contributed by atoms with Crippen molar-refractivity contribution in [3.63, 3.8) is 0 Å². The molecule has 0 atom stereocenters. The lowest BCUT2D eigenvalue weighted by molar-refractivity contribution is -0.123. The van der Waals surface area contributed by atoms with Crippen molar-refractivity contribution < 1.29 is 17.9 Å². The van der Waals surface area contributed by atoms with Crippen LogP contribution in [0.4, 0.5) is 0 Å². The molecule has 0 radical (unpaired) electrons. The number of hydrogen-bond donors (Lipinski definition) is 2. The number of aryl methyl sites for hydroxylation is 1. The van der Waals surface area contributed by atoms with E-state index in [0.717, 1.165) is 24.8 Å². The van der Waals surface area contributed by atoms with Gasteiger partial charge in [0.1, 0.15) is 5.75 Å². The maximum absolute atomic E-state index is 12.1. The van der Waals surface area contributed by atoms with Crippen molar-refractivity contribution in [1.82, 2.24) is 10.0 Å². The van der Waals surface area contributed by atoms with E-state index in [2.05, 4.69) is 17.0 Å². The summed E-state index contributed by atoms with van der Waals surface area (Å²) in [5.74, 6) is 0.418. The molecule has 0 saturated heterocycles. The summed E-state index contributed by atoms with van der Waals surface area (Å²) in [6.45, 7) is 2.32. The van der Waals surface area contributed by atoms with E-state index >= 15 is 0 Å². The molecular weight excluding hydrogens is 364 g/mol. The maximum Gasteiger partial charge on any atom is 0.258 e. The van der Waals surface area contributed by atoms with Gasteiger partial charge in [-0.15, -0.1) is 0 Å². The molecule has 144 valence electrons. The van der Waals surface area contributed by atoms with E-state index < -0.39 is 10.0 Å². The molecule has 2 N–H and O–H groups in total. The van der Waals surface area contributed by atoms with Crippen LogP contribution in [0.2, 0.25) is 0 Å². The van der Waals surface area contributed by atoms with Crippen molar-refractivity contribution in [2.75, 3.05) is 6.61 Å². The fraction of sp³-hybridized carbons (Fsp3) is 0.350. The summed E-state index contributed by atoms with van der Waals surface area (Å²) in [6.07, 6.45) is 2.75. The van der Waals surface area contributed by atoms with Gasteiger partial charge in [-0.2, -0.15) is 0 Å². The largest absolute Gasteiger partial charge is 0.484 e. The SMILES string of the molecule is CCc1ccc(OCC(=O)NCc2ccc(S(=O)(=O)NC3CC3)cc2)cc1. The molecule has 1 fully saturated rings. The van der Waals surface area contributed by atoms with E-state index in [0.29, 0.717) is 12.3 Å². The molecule has 27 heavy (non-hydrogen) atoms. The molecule has 0 aliphatic heterocycles. The highest BCUT2D eigenvalue weighted by Crippen LogP contribution is 2.22. The molecule has 2 aromatic carbocycles. The zero-order valence-corrected chi connectivity index (χ0v) is 16.1. The van der Waals surface area contributed by atoms with Crippen LogP contribution >= 0.6 is 0 Å². The zero-order chi connectivity index (χ0) is 19.3. The average Bonchev–Trinajstić information content (AvgIpc) is 3.48. The predicted octanol–water partition coefficient (Wildman–Crippen LogP) is 2.38. The number of sulfonamides is 1. The quantitative estimate of drug-likeness (QED) is 0.691. The lowest BCUT2D eigenvalue weighted by Crippen LogP contribution is -2.28. The smallest absolute Gasteiger partial charge is 0.258 e. The number of carbonyl (C=O) groups excluding carboxylic acids is 1. The molecule has 2 aromatic rings. The van der Waals surface area contributed by atoms with Crippen molar-refractivity contribution in [2.45, 2.75) is 43.7 Å². The molecule has 1 saturated carbocycles. The fourth-order valence-electron chi connectivity index (χ4n) is 2.50. The van der Waals surface area contributed by atoms with Crippen molar-refractivity contribution in [2.24, 2.45) is 0 Å². The molecule has 0 heterocycles. The Bertz CT molecular complexity index is 873. The first-order chi connectivity index (χ1) is 13.0. The van der Waals surface area contributed by atoms with Gasteiger partial charge in [0.15, 0.2) is 6.61 Å². The van der Waals surface area contributed by atoms with Crippen LogP contribution in [0.25, 0.3) is 0 Å². The number of ether oxygens (including phenoxy) is 1. The normalized spacial score (nSPS) is 14.0. The Kier molecular flexibility index (Phi) is 6.13. The first kappa shape index (κ1) is 19.4. The van der Waals surface area contributed by atoms with Crippen LogP contribution in [0.3, 0.4) is 0 Å². The van der Waals surface area contributed by atoms with Gasteiger partial charge in [-0.25, -0.2) is 13.1 Å². The number of amides is 1. The van der Waals surface area contributed by atoms with Gasteiger partial charge in [-0.3, -0.25) is 4.79 Å². The van der Waals surface area contributed by atoms with E-state index in [1.807, 2.05) is 24.3 Å². The van der Waals surface area contributed by atoms with Gasteiger partial charge >= 0.3 is 0 Å². The van der Waals surface area contributed by atoms with E-state index in [4.69, 9.17) is 4.74 Å². The summed E-state index contributed by atoms with van der Waals surface area (Å²) >= 11 is 0. The van der Waals surface area contributed by atoms with Crippen LogP contribution in [-0.2, 0) is 27.8 Å². The third-order valence-corrected chi connectivity index (χ3v) is 5.86. The third-order valence-electron chi connectivity index (χ3n) is 4.32. The molecule has 1 aliphatic rings. The Morgan fingerprint density at radius 1 is 1.04 bits per heavy atom. The molecular formula is C20H24N2O4S. The highest BCUT2D eigenvalue weighted by atomic mass is 32.2. The Hall–Kier alpha value is -2.38. The van der Waals surface area contributed by atoms with Crippen LogP contribution in [0.5, 0.6) is 5.75 Å². The minimum atomic E-state index is -3.45. The molecule has 7 heteroatoms. The van der Waals surface area contributed by atoms with Gasteiger partial charge in [-0.05, 0) is 54.7 Å². The second-order valence-corrected chi connectivity index (χ2v) is 8.32. The number of benzene rings is 2. The molecule has 0 bridgehead atoms. The van der Waals surface area contributed by atoms with Gasteiger partial charge in [0.25, 0.3) is 5.91 Å². The first-order valence-electron chi connectivity index (χ1n) is 9.06. The van der Waals surface area contributed by atoms with Crippen LogP contribution in [-0.4, -0.2) is 27.0 Å². The Labute approximate surface area is 160 Å². The summed E-state index contributed by atoms with van der Waals surface area (Å²) in [6, 6.07) is 14.2. The summed E-state index contributed by atoms with van der Waals surface area (Å²) in [7, 11) is -3.45. The molecule has 1 amide bonds. The molecule has 6 nitrogen and oxygen atoms in total. The van der Waals surface area contributed by atoms with Crippen molar-refractivity contribution in [3.8, 4) is 5.75 Å². The lowest BCUT2D eigenvalue weighted by atomic mass is 10.2. The van der Waals surface area contributed by atoms with Crippen LogP contribution in [0.1, 0.15) is 30.9 Å². The number of carbonyl (C=O) groups is 1. The Morgan fingerprint density at radius 2 is 1.67 bits per heavy atom. The summed E-state index contributed by atoms with van der Waals surface area (Å²) in [5.41, 5.74) is 2.03. The fourth-order valence-corrected chi connectivity index (χ4v) is 3.80.